The molecular formula is C50H80NO10P. The Labute approximate surface area is 374 Å². The predicted octanol–water partition coefficient (Wildman–Crippen LogP) is 10.2. The molecule has 4 atom stereocenters. The highest BCUT2D eigenvalue weighted by Gasteiger charge is 2.21. The Bertz CT molecular complexity index is 1500. The van der Waals surface area contributed by atoms with Crippen molar-refractivity contribution in [1.82, 2.24) is 0 Å². The third kappa shape index (κ3) is 43.0. The summed E-state index contributed by atoms with van der Waals surface area (Å²) in [6.45, 7) is 3.70. The topological polar surface area (TPSA) is 152 Å². The number of hydrogen-bond donors (Lipinski definition) is 2. The van der Waals surface area contributed by atoms with Gasteiger partial charge in [-0.05, 0) is 77.0 Å². The molecule has 350 valence electrons. The molecule has 0 rings (SSSR count). The Balaban J connectivity index is 4.71. The second-order valence-corrected chi connectivity index (χ2v) is 17.1. The summed E-state index contributed by atoms with van der Waals surface area (Å²) in [6.07, 6.45) is 48.8. The molecule has 0 saturated carbocycles. The molecule has 1 unspecified atom stereocenters. The minimum atomic E-state index is -4.70. The molecule has 0 aromatic carbocycles. The maximum Gasteiger partial charge on any atom is 0.306 e. The molecule has 62 heavy (non-hydrogen) atoms. The molecule has 0 amide bonds. The number of esters is 2. The summed E-state index contributed by atoms with van der Waals surface area (Å²) in [6, 6.07) is 0. The van der Waals surface area contributed by atoms with E-state index < -0.39 is 44.7 Å². The lowest BCUT2D eigenvalue weighted by molar-refractivity contribution is -0.870. The summed E-state index contributed by atoms with van der Waals surface area (Å²) in [5, 5.41) is 20.0. The minimum Gasteiger partial charge on any atom is -0.756 e. The molecule has 0 aliphatic heterocycles. The zero-order valence-corrected chi connectivity index (χ0v) is 39.4. The third-order valence-corrected chi connectivity index (χ3v) is 9.61. The number of hydrogen-bond acceptors (Lipinski definition) is 10. The standard InChI is InChI=1S/C50H80NO10P/c1-6-8-10-11-12-13-14-15-16-17-18-19-20-21-22-26-34-40-49(54)58-44-48(45-60-62(56,57)59-43-42-51(3,4)5)61-50(55)41-35-27-24-23-25-31-37-47(53)39-33-29-28-32-38-46(52)36-30-9-7-2/h9,12-13,15-16,18-19,21-22,24-25,27-33,38-39,46-48,52-53H,6-8,10-11,14,17,20,23,26,34-37,40-45H2,1-5H3/b13-12-,16-15-,19-18-,22-21-,27-24-,29-28-,30-9-,31-25-,38-32+,39-33+/t46-,47+,48+/m0/s1. The van der Waals surface area contributed by atoms with Gasteiger partial charge in [-0.3, -0.25) is 14.2 Å². The molecule has 0 fully saturated rings. The van der Waals surface area contributed by atoms with Crippen molar-refractivity contribution in [3.63, 3.8) is 0 Å². The van der Waals surface area contributed by atoms with Crippen LogP contribution in [0.2, 0.25) is 0 Å². The molecule has 0 radical (unpaired) electrons. The van der Waals surface area contributed by atoms with E-state index in [0.29, 0.717) is 49.6 Å². The summed E-state index contributed by atoms with van der Waals surface area (Å²) in [4.78, 5) is 37.5. The Kier molecular flexibility index (Phi) is 37.8. The number of ether oxygens (including phenoxy) is 2. The van der Waals surface area contributed by atoms with Crippen LogP contribution in [0.15, 0.2) is 122 Å². The van der Waals surface area contributed by atoms with Gasteiger partial charge in [0, 0.05) is 12.8 Å². The molecule has 0 aromatic rings. The lowest BCUT2D eigenvalue weighted by Gasteiger charge is -2.28. The molecule has 0 bridgehead atoms. The van der Waals surface area contributed by atoms with Crippen LogP contribution >= 0.6 is 7.82 Å². The quantitative estimate of drug-likeness (QED) is 0.0153. The monoisotopic (exact) mass is 886 g/mol. The second kappa shape index (κ2) is 40.1. The smallest absolute Gasteiger partial charge is 0.306 e. The Morgan fingerprint density at radius 3 is 1.68 bits per heavy atom. The maximum absolute atomic E-state index is 12.7. The number of allylic oxidation sites excluding steroid dienone is 16. The lowest BCUT2D eigenvalue weighted by Crippen LogP contribution is -2.37. The summed E-state index contributed by atoms with van der Waals surface area (Å²) >= 11 is 0. The van der Waals surface area contributed by atoms with E-state index in [9.17, 15) is 29.3 Å². The van der Waals surface area contributed by atoms with Crippen molar-refractivity contribution in [1.29, 1.82) is 0 Å². The van der Waals surface area contributed by atoms with Gasteiger partial charge >= 0.3 is 11.9 Å². The molecule has 11 nitrogen and oxygen atoms in total. The van der Waals surface area contributed by atoms with Crippen LogP contribution in [0.25, 0.3) is 0 Å². The van der Waals surface area contributed by atoms with Crippen molar-refractivity contribution in [3.8, 4) is 0 Å². The minimum absolute atomic E-state index is 0.0237. The summed E-state index contributed by atoms with van der Waals surface area (Å²) in [7, 11) is 0.997. The van der Waals surface area contributed by atoms with Gasteiger partial charge < -0.3 is 38.1 Å². The molecule has 0 spiro atoms. The number of likely N-dealkylation sites (N-methyl/N-ethyl adjacent to an activating group) is 1. The second-order valence-electron chi connectivity index (χ2n) is 15.7. The first-order chi connectivity index (χ1) is 29.8. The largest absolute Gasteiger partial charge is 0.756 e. The molecule has 0 aliphatic rings. The van der Waals surface area contributed by atoms with Crippen molar-refractivity contribution in [2.75, 3.05) is 47.5 Å². The molecule has 0 aromatic heterocycles. The van der Waals surface area contributed by atoms with E-state index in [0.717, 1.165) is 32.1 Å². The first kappa shape index (κ1) is 58.3. The molecule has 2 N–H and O–H groups in total. The number of carbonyl (C=O) groups is 2. The predicted molar refractivity (Wildman–Crippen MR) is 252 cm³/mol. The number of rotatable bonds is 38. The molecule has 0 heterocycles. The van der Waals surface area contributed by atoms with E-state index >= 15 is 0 Å². The van der Waals surface area contributed by atoms with Crippen LogP contribution in [0.3, 0.4) is 0 Å². The van der Waals surface area contributed by atoms with Gasteiger partial charge in [-0.25, -0.2) is 0 Å². The lowest BCUT2D eigenvalue weighted by atomic mass is 10.2. The first-order valence-electron chi connectivity index (χ1n) is 22.5. The van der Waals surface area contributed by atoms with E-state index in [1.165, 1.54) is 19.3 Å². The van der Waals surface area contributed by atoms with Crippen molar-refractivity contribution in [2.45, 2.75) is 135 Å². The van der Waals surface area contributed by atoms with Crippen molar-refractivity contribution in [3.05, 3.63) is 122 Å². The highest BCUT2D eigenvalue weighted by molar-refractivity contribution is 7.45. The highest BCUT2D eigenvalue weighted by Crippen LogP contribution is 2.38. The number of unbranched alkanes of at least 4 members (excludes halogenated alkanes) is 4. The van der Waals surface area contributed by atoms with Crippen LogP contribution in [0.4, 0.5) is 0 Å². The van der Waals surface area contributed by atoms with Gasteiger partial charge in [-0.1, -0.05) is 148 Å². The number of quaternary nitrogens is 1. The van der Waals surface area contributed by atoms with Gasteiger partial charge in [0.1, 0.15) is 19.8 Å². The molecule has 12 heteroatoms. The van der Waals surface area contributed by atoms with Gasteiger partial charge in [-0.2, -0.15) is 0 Å². The average Bonchev–Trinajstić information content (AvgIpc) is 3.21. The third-order valence-electron chi connectivity index (χ3n) is 8.65. The van der Waals surface area contributed by atoms with E-state index in [4.69, 9.17) is 18.5 Å². The van der Waals surface area contributed by atoms with Gasteiger partial charge in [0.15, 0.2) is 6.10 Å². The number of aliphatic hydroxyl groups excluding tert-OH is 2. The van der Waals surface area contributed by atoms with Gasteiger partial charge in [0.05, 0.1) is 40.0 Å². The fourth-order valence-electron chi connectivity index (χ4n) is 5.08. The Morgan fingerprint density at radius 1 is 0.613 bits per heavy atom. The van der Waals surface area contributed by atoms with E-state index in [-0.39, 0.29) is 26.1 Å². The van der Waals surface area contributed by atoms with E-state index in [1.54, 1.807) is 36.5 Å². The normalized spacial score (nSPS) is 15.7. The molecule has 0 saturated heterocycles. The van der Waals surface area contributed by atoms with Crippen LogP contribution in [-0.2, 0) is 32.7 Å². The zero-order valence-electron chi connectivity index (χ0n) is 38.5. The molecule has 0 aliphatic carbocycles. The van der Waals surface area contributed by atoms with E-state index in [1.807, 2.05) is 70.6 Å². The van der Waals surface area contributed by atoms with Crippen LogP contribution in [0.5, 0.6) is 0 Å². The van der Waals surface area contributed by atoms with Crippen LogP contribution < -0.4 is 4.89 Å². The number of carbonyl (C=O) groups excluding carboxylic acids is 2. The van der Waals surface area contributed by atoms with Gasteiger partial charge in [0.2, 0.25) is 0 Å². The summed E-state index contributed by atoms with van der Waals surface area (Å²) in [5.41, 5.74) is 0. The highest BCUT2D eigenvalue weighted by atomic mass is 31.2. The van der Waals surface area contributed by atoms with Crippen molar-refractivity contribution < 1.29 is 52.3 Å². The number of phosphoric ester groups is 1. The fourth-order valence-corrected chi connectivity index (χ4v) is 5.81. The maximum atomic E-state index is 12.7. The summed E-state index contributed by atoms with van der Waals surface area (Å²) in [5.74, 6) is -1.08. The van der Waals surface area contributed by atoms with Gasteiger partial charge in [-0.15, -0.1) is 0 Å². The zero-order chi connectivity index (χ0) is 46.0. The SMILES string of the molecule is CC/C=C\C[C@H](O)/C=C/C=C\C=C\[C@H](O)C/C=C\C/C=C\CCC(=O)O[C@H](COC(=O)CCC/C=C\C/C=C\C/C=C\C/C=C\CCCCC)COP(=O)([O-])OCC[N+](C)(C)C. The van der Waals surface area contributed by atoms with Gasteiger partial charge in [0.25, 0.3) is 7.82 Å². The Morgan fingerprint density at radius 2 is 1.13 bits per heavy atom. The fraction of sp³-hybridized carbons (Fsp3) is 0.560. The van der Waals surface area contributed by atoms with E-state index in [2.05, 4.69) is 49.5 Å². The van der Waals surface area contributed by atoms with Crippen LogP contribution in [0.1, 0.15) is 117 Å². The number of nitrogens with zero attached hydrogens (tertiary/aromatic N) is 1. The van der Waals surface area contributed by atoms with Crippen molar-refractivity contribution in [2.24, 2.45) is 0 Å². The van der Waals surface area contributed by atoms with Crippen LogP contribution in [0, 0.1) is 0 Å². The average molecular weight is 886 g/mol. The number of aliphatic hydroxyl groups is 2. The van der Waals surface area contributed by atoms with Crippen LogP contribution in [-0.4, -0.2) is 92.5 Å². The first-order valence-corrected chi connectivity index (χ1v) is 23.9. The Hall–Kier alpha value is -3.67. The van der Waals surface area contributed by atoms with Crippen molar-refractivity contribution >= 4 is 19.8 Å². The molecular weight excluding hydrogens is 806 g/mol. The summed E-state index contributed by atoms with van der Waals surface area (Å²) < 4.78 is 33.7. The number of phosphoric acid groups is 1.